The summed E-state index contributed by atoms with van der Waals surface area (Å²) < 4.78 is 17.2. The van der Waals surface area contributed by atoms with Crippen LogP contribution in [0.25, 0.3) is 22.5 Å². The summed E-state index contributed by atoms with van der Waals surface area (Å²) in [6.45, 7) is 19.0. The fraction of sp³-hybridized carbons (Fsp3) is 0.446. The van der Waals surface area contributed by atoms with Crippen LogP contribution in [0, 0.1) is 23.7 Å². The Kier molecular flexibility index (Phi) is 20.4. The number of nitrogens with two attached hydrogens (primary N) is 1. The number of nitrogens with zero attached hydrogens (tertiary/aromatic N) is 3. The van der Waals surface area contributed by atoms with E-state index in [2.05, 4.69) is 89.9 Å². The minimum Gasteiger partial charge on any atom is -0.463 e. The largest absolute Gasteiger partial charge is 0.463 e. The van der Waals surface area contributed by atoms with Crippen molar-refractivity contribution < 1.29 is 23.8 Å². The number of thioether (sulfide) groups is 1. The molecule has 0 radical (unpaired) electrons. The zero-order valence-electron chi connectivity index (χ0n) is 40.3. The van der Waals surface area contributed by atoms with Crippen molar-refractivity contribution in [3.63, 3.8) is 0 Å². The number of hydrogen-bond donors (Lipinski definition) is 1. The smallest absolute Gasteiger partial charge is 0.336 e. The number of rotatable bonds is 10. The molecule has 4 aliphatic rings. The molecule has 0 bridgehead atoms. The molecular weight excluding hydrogens is 889 g/mol. The third kappa shape index (κ3) is 11.9. The van der Waals surface area contributed by atoms with Gasteiger partial charge in [0.25, 0.3) is 11.5 Å². The van der Waals surface area contributed by atoms with Gasteiger partial charge >= 0.3 is 5.97 Å². The van der Waals surface area contributed by atoms with Crippen LogP contribution in [0.1, 0.15) is 110 Å². The monoisotopic (exact) mass is 963 g/mol. The maximum absolute atomic E-state index is 13.3. The van der Waals surface area contributed by atoms with Crippen molar-refractivity contribution in [3.8, 4) is 24.1 Å². The van der Waals surface area contributed by atoms with Gasteiger partial charge in [0.1, 0.15) is 0 Å². The molecule has 12 heteroatoms. The van der Waals surface area contributed by atoms with Crippen molar-refractivity contribution in [3.05, 3.63) is 128 Å². The number of benzene rings is 3. The second kappa shape index (κ2) is 24.3. The second-order valence-corrected chi connectivity index (χ2v) is 20.2. The first-order chi connectivity index (χ1) is 31.4. The van der Waals surface area contributed by atoms with Crippen LogP contribution in [0.15, 0.2) is 93.9 Å². The molecule has 4 aromatic rings. The summed E-state index contributed by atoms with van der Waals surface area (Å²) in [7, 11) is 3.30. The third-order valence-corrected chi connectivity index (χ3v) is 13.7. The molecule has 0 spiro atoms. The van der Waals surface area contributed by atoms with E-state index in [0.29, 0.717) is 55.6 Å². The summed E-state index contributed by atoms with van der Waals surface area (Å²) in [4.78, 5) is 45.7. The lowest BCUT2D eigenvalue weighted by molar-refractivity contribution is -0.139. The van der Waals surface area contributed by atoms with Gasteiger partial charge in [-0.05, 0) is 65.2 Å². The fourth-order valence-corrected chi connectivity index (χ4v) is 10.7. The van der Waals surface area contributed by atoms with E-state index in [1.54, 1.807) is 42.4 Å². The van der Waals surface area contributed by atoms with E-state index in [0.717, 1.165) is 63.7 Å². The highest BCUT2D eigenvalue weighted by atomic mass is 32.2. The average Bonchev–Trinajstić information content (AvgIpc) is 3.26. The molecule has 366 valence electrons. The number of carbonyl (C=O) groups is 2. The number of amides is 1. The van der Waals surface area contributed by atoms with Crippen molar-refractivity contribution in [2.45, 2.75) is 113 Å². The van der Waals surface area contributed by atoms with Gasteiger partial charge in [0.15, 0.2) is 5.16 Å². The lowest BCUT2D eigenvalue weighted by Gasteiger charge is -2.41. The molecule has 1 amide bonds. The predicted molar refractivity (Wildman–Crippen MR) is 286 cm³/mol. The molecule has 2 heterocycles. The number of thiocarbonyl (C=S) groups is 1. The highest BCUT2D eigenvalue weighted by molar-refractivity contribution is 7.99. The summed E-state index contributed by atoms with van der Waals surface area (Å²) >= 11 is 7.12. The molecular formula is C56H74N4O6S2. The minimum atomic E-state index is -0.297. The normalized spacial score (nSPS) is 16.4. The number of hydrogen-bond acceptors (Lipinski definition) is 10. The standard InChI is InChI=1S/C19H24N2O2S.C18H21NO2S.C15H19NO2.C2H2.2CH4/c1-5-24-18-20-16-14-9-7-6-8-13(14)12-19(2,3)15(16)17(22)21(18)10-11-23-4;1-18(2)11-12-6-4-5-7-13(12)14-10-15(22)19(8-9-21-3)17(20)16(14)18;1-4-18-14(17)12-13(16)11-8-6-5-7-10(11)9-15(12,2)3;1-2;;/h6-9H,5,10-12H2,1-4H3;4-7H,8-11H2,1-3H3;5-8H,4,9,16H2,1-3H3;1-2H;2*1H4. The van der Waals surface area contributed by atoms with Crippen molar-refractivity contribution in [2.24, 2.45) is 16.6 Å². The van der Waals surface area contributed by atoms with Gasteiger partial charge in [-0.2, -0.15) is 0 Å². The van der Waals surface area contributed by atoms with Gasteiger partial charge in [-0.3, -0.25) is 14.2 Å². The van der Waals surface area contributed by atoms with Crippen LogP contribution in [0.4, 0.5) is 0 Å². The van der Waals surface area contributed by atoms with Crippen LogP contribution in [0.2, 0.25) is 0 Å². The van der Waals surface area contributed by atoms with Gasteiger partial charge in [-0.25, -0.2) is 9.78 Å². The Hall–Kier alpha value is -5.32. The molecule has 0 fully saturated rings. The Bertz CT molecular complexity index is 2600. The summed E-state index contributed by atoms with van der Waals surface area (Å²) in [6.07, 6.45) is 11.2. The van der Waals surface area contributed by atoms with Crippen LogP contribution in [0.3, 0.4) is 0 Å². The van der Waals surface area contributed by atoms with Crippen LogP contribution >= 0.6 is 24.0 Å². The maximum Gasteiger partial charge on any atom is 0.336 e. The topological polar surface area (TPSA) is 126 Å². The van der Waals surface area contributed by atoms with Gasteiger partial charge < -0.3 is 24.8 Å². The lowest BCUT2D eigenvalue weighted by Crippen LogP contribution is -2.47. The maximum atomic E-state index is 13.3. The van der Waals surface area contributed by atoms with Gasteiger partial charge in [0.05, 0.1) is 54.9 Å². The first kappa shape index (κ1) is 57.0. The Morgan fingerprint density at radius 3 is 1.84 bits per heavy atom. The Morgan fingerprint density at radius 2 is 1.26 bits per heavy atom. The minimum absolute atomic E-state index is 0. The molecule has 8 rings (SSSR count). The lowest BCUT2D eigenvalue weighted by atomic mass is 9.68. The molecule has 2 N–H and O–H groups in total. The zero-order valence-corrected chi connectivity index (χ0v) is 42.0. The number of methoxy groups -OCH3 is 2. The number of fused-ring (bicyclic) bond motifs is 6. The summed E-state index contributed by atoms with van der Waals surface area (Å²) in [5.74, 6) is 0.640. The fourth-order valence-electron chi connectivity index (χ4n) is 9.60. The summed E-state index contributed by atoms with van der Waals surface area (Å²) in [6, 6.07) is 24.6. The quantitative estimate of drug-likeness (QED) is 0.0540. The number of carbonyl (C=O) groups excluding carboxylic acids is 2. The van der Waals surface area contributed by atoms with Crippen LogP contribution in [-0.2, 0) is 55.0 Å². The zero-order chi connectivity index (χ0) is 48.6. The number of esters is 1. The van der Waals surface area contributed by atoms with E-state index in [1.165, 1.54) is 22.3 Å². The molecule has 0 saturated heterocycles. The third-order valence-electron chi connectivity index (χ3n) is 12.4. The Balaban J connectivity index is 0.000000264. The Morgan fingerprint density at radius 1 is 0.765 bits per heavy atom. The van der Waals surface area contributed by atoms with Crippen molar-refractivity contribution in [1.29, 1.82) is 0 Å². The molecule has 10 nitrogen and oxygen atoms in total. The molecule has 0 unspecified atom stereocenters. The molecule has 0 saturated carbocycles. The molecule has 68 heavy (non-hydrogen) atoms. The van der Waals surface area contributed by atoms with E-state index >= 15 is 0 Å². The number of ether oxygens (including phenoxy) is 3. The predicted octanol–water partition coefficient (Wildman–Crippen LogP) is 10.8. The molecule has 1 aromatic heterocycles. The SMILES string of the molecule is C.C.C#C.CCOC(=O)C1=C(N)c2ccccc2CC1(C)C.CCSc1nc2c(c(=O)n1CCOC)C(C)(C)Cc1ccccc1-2.COCCN1C(=O)C2=C(CC1=S)c1ccccc1CC2(C)C. The van der Waals surface area contributed by atoms with Gasteiger partial charge in [0.2, 0.25) is 0 Å². The van der Waals surface area contributed by atoms with E-state index in [1.807, 2.05) is 44.2 Å². The molecule has 0 atom stereocenters. The summed E-state index contributed by atoms with van der Waals surface area (Å²) in [5.41, 5.74) is 17.5. The van der Waals surface area contributed by atoms with Crippen LogP contribution in [0.5, 0.6) is 0 Å². The van der Waals surface area contributed by atoms with Crippen molar-refractivity contribution in [1.82, 2.24) is 14.5 Å². The highest BCUT2D eigenvalue weighted by Gasteiger charge is 2.43. The number of terminal acetylenes is 1. The molecule has 1 aliphatic heterocycles. The second-order valence-electron chi connectivity index (χ2n) is 18.5. The van der Waals surface area contributed by atoms with E-state index < -0.39 is 0 Å². The number of aromatic nitrogens is 2. The summed E-state index contributed by atoms with van der Waals surface area (Å²) in [5, 5.41) is 0.783. The molecule has 3 aliphatic carbocycles. The first-order valence-electron chi connectivity index (χ1n) is 22.5. The van der Waals surface area contributed by atoms with Crippen molar-refractivity contribution in [2.75, 3.05) is 46.3 Å². The average molecular weight is 963 g/mol. The van der Waals surface area contributed by atoms with Crippen LogP contribution < -0.4 is 11.3 Å². The molecule has 3 aromatic carbocycles. The first-order valence-corrected chi connectivity index (χ1v) is 23.9. The Labute approximate surface area is 416 Å². The van der Waals surface area contributed by atoms with Gasteiger partial charge in [-0.15, -0.1) is 12.8 Å². The van der Waals surface area contributed by atoms with E-state index in [4.69, 9.17) is 37.1 Å². The van der Waals surface area contributed by atoms with Crippen LogP contribution in [-0.4, -0.2) is 77.7 Å². The van der Waals surface area contributed by atoms with E-state index in [9.17, 15) is 14.4 Å². The van der Waals surface area contributed by atoms with Gasteiger partial charge in [0, 0.05) is 53.7 Å². The van der Waals surface area contributed by atoms with E-state index in [-0.39, 0.29) is 48.5 Å². The highest BCUT2D eigenvalue weighted by Crippen LogP contribution is 2.47. The van der Waals surface area contributed by atoms with Crippen molar-refractivity contribution >= 4 is 52.1 Å². The van der Waals surface area contributed by atoms with Gasteiger partial charge in [-0.1, -0.05) is 160 Å².